The van der Waals surface area contributed by atoms with Crippen molar-refractivity contribution in [1.82, 2.24) is 4.98 Å². The molecule has 1 heterocycles. The lowest BCUT2D eigenvalue weighted by Gasteiger charge is -2.34. The number of rotatable bonds is 3. The SMILES string of the molecule is N#Cc1ccnc(-c2ccc3c(c2)-c2ccc4ccccc4c2C3(c2ccccc2)c2ccccc2)c1. The van der Waals surface area contributed by atoms with Crippen molar-refractivity contribution in [1.29, 1.82) is 5.26 Å². The highest BCUT2D eigenvalue weighted by atomic mass is 14.7. The summed E-state index contributed by atoms with van der Waals surface area (Å²) in [6, 6.07) is 47.4. The summed E-state index contributed by atoms with van der Waals surface area (Å²) in [6.07, 6.45) is 1.71. The van der Waals surface area contributed by atoms with Crippen LogP contribution in [0.3, 0.4) is 0 Å². The van der Waals surface area contributed by atoms with Crippen LogP contribution in [0.15, 0.2) is 134 Å². The third-order valence-electron chi connectivity index (χ3n) is 7.62. The van der Waals surface area contributed by atoms with Gasteiger partial charge in [-0.3, -0.25) is 4.98 Å². The molecule has 0 spiro atoms. The number of pyridine rings is 1. The van der Waals surface area contributed by atoms with E-state index < -0.39 is 5.41 Å². The van der Waals surface area contributed by atoms with Crippen LogP contribution in [0.1, 0.15) is 27.8 Å². The number of fused-ring (bicyclic) bond motifs is 5. The van der Waals surface area contributed by atoms with E-state index in [0.717, 1.165) is 11.3 Å². The summed E-state index contributed by atoms with van der Waals surface area (Å²) < 4.78 is 0. The summed E-state index contributed by atoms with van der Waals surface area (Å²) in [4.78, 5) is 4.59. The number of aromatic nitrogens is 1. The number of nitriles is 1. The second-order valence-electron chi connectivity index (χ2n) is 9.49. The maximum atomic E-state index is 9.44. The summed E-state index contributed by atoms with van der Waals surface area (Å²) >= 11 is 0. The topological polar surface area (TPSA) is 36.7 Å². The molecule has 0 bridgehead atoms. The van der Waals surface area contributed by atoms with Gasteiger partial charge in [0, 0.05) is 11.8 Å². The molecule has 172 valence electrons. The Balaban J connectivity index is 1.63. The summed E-state index contributed by atoms with van der Waals surface area (Å²) in [7, 11) is 0. The number of benzene rings is 5. The van der Waals surface area contributed by atoms with E-state index in [2.05, 4.69) is 126 Å². The van der Waals surface area contributed by atoms with Crippen LogP contribution in [0.5, 0.6) is 0 Å². The molecule has 0 saturated carbocycles. The Kier molecular flexibility index (Phi) is 4.77. The van der Waals surface area contributed by atoms with Crippen molar-refractivity contribution in [3.05, 3.63) is 161 Å². The zero-order chi connectivity index (χ0) is 24.8. The maximum Gasteiger partial charge on any atom is 0.0992 e. The molecular formula is C35H22N2. The van der Waals surface area contributed by atoms with Crippen LogP contribution in [0.4, 0.5) is 0 Å². The highest BCUT2D eigenvalue weighted by Gasteiger charge is 2.47. The summed E-state index contributed by atoms with van der Waals surface area (Å²) in [5.74, 6) is 0. The molecule has 7 rings (SSSR count). The minimum Gasteiger partial charge on any atom is -0.256 e. The van der Waals surface area contributed by atoms with Gasteiger partial charge in [-0.25, -0.2) is 0 Å². The molecule has 0 aliphatic heterocycles. The average molecular weight is 471 g/mol. The zero-order valence-corrected chi connectivity index (χ0v) is 20.1. The van der Waals surface area contributed by atoms with Crippen molar-refractivity contribution in [2.75, 3.05) is 0 Å². The van der Waals surface area contributed by atoms with Crippen LogP contribution in [-0.2, 0) is 5.41 Å². The Morgan fingerprint density at radius 3 is 2.05 bits per heavy atom. The second-order valence-corrected chi connectivity index (χ2v) is 9.49. The lowest BCUT2D eigenvalue weighted by molar-refractivity contribution is 0.775. The van der Waals surface area contributed by atoms with E-state index in [4.69, 9.17) is 0 Å². The molecule has 0 N–H and O–H groups in total. The molecule has 1 aliphatic rings. The molecule has 37 heavy (non-hydrogen) atoms. The van der Waals surface area contributed by atoms with Crippen molar-refractivity contribution in [2.24, 2.45) is 0 Å². The van der Waals surface area contributed by atoms with Crippen molar-refractivity contribution < 1.29 is 0 Å². The standard InChI is InChI=1S/C35H22N2/c36-23-24-19-20-37-33(21-24)26-16-18-32-31(22-26)30-17-15-25-9-7-8-14-29(25)34(30)35(32,27-10-3-1-4-11-27)28-12-5-2-6-13-28/h1-22H. The minimum atomic E-state index is -0.464. The third kappa shape index (κ3) is 3.08. The molecule has 6 aromatic rings. The minimum absolute atomic E-state index is 0.464. The normalized spacial score (nSPS) is 13.1. The van der Waals surface area contributed by atoms with Gasteiger partial charge in [-0.1, -0.05) is 109 Å². The van der Waals surface area contributed by atoms with Crippen molar-refractivity contribution in [3.8, 4) is 28.5 Å². The van der Waals surface area contributed by atoms with E-state index in [1.807, 2.05) is 6.07 Å². The Morgan fingerprint density at radius 2 is 1.32 bits per heavy atom. The molecule has 2 heteroatoms. The van der Waals surface area contributed by atoms with Crippen LogP contribution in [0, 0.1) is 11.3 Å². The molecule has 0 fully saturated rings. The zero-order valence-electron chi connectivity index (χ0n) is 20.1. The highest BCUT2D eigenvalue weighted by molar-refractivity contribution is 6.00. The van der Waals surface area contributed by atoms with Gasteiger partial charge in [-0.15, -0.1) is 0 Å². The predicted octanol–water partition coefficient (Wildman–Crippen LogP) is 8.14. The first-order valence-electron chi connectivity index (χ1n) is 12.5. The Hall–Kier alpha value is -5.00. The molecular weight excluding hydrogens is 448 g/mol. The van der Waals surface area contributed by atoms with Crippen molar-refractivity contribution >= 4 is 10.8 Å². The van der Waals surface area contributed by atoms with Gasteiger partial charge in [-0.2, -0.15) is 5.26 Å². The fraction of sp³-hybridized carbons (Fsp3) is 0.0286. The largest absolute Gasteiger partial charge is 0.256 e. The summed E-state index contributed by atoms with van der Waals surface area (Å²) in [5.41, 5.74) is 9.46. The molecule has 0 amide bonds. The van der Waals surface area contributed by atoms with Gasteiger partial charge in [0.05, 0.1) is 22.7 Å². The molecule has 0 atom stereocenters. The number of nitrogens with zero attached hydrogens (tertiary/aromatic N) is 2. The van der Waals surface area contributed by atoms with Gasteiger partial charge < -0.3 is 0 Å². The van der Waals surface area contributed by atoms with Gasteiger partial charge in [-0.05, 0) is 62.4 Å². The van der Waals surface area contributed by atoms with E-state index in [1.54, 1.807) is 12.3 Å². The van der Waals surface area contributed by atoms with E-state index in [9.17, 15) is 5.26 Å². The first kappa shape index (κ1) is 21.3. The highest BCUT2D eigenvalue weighted by Crippen LogP contribution is 2.58. The van der Waals surface area contributed by atoms with Gasteiger partial charge in [0.1, 0.15) is 0 Å². The smallest absolute Gasteiger partial charge is 0.0992 e. The van der Waals surface area contributed by atoms with E-state index in [1.165, 1.54) is 44.2 Å². The molecule has 5 aromatic carbocycles. The summed E-state index contributed by atoms with van der Waals surface area (Å²) in [6.45, 7) is 0. The van der Waals surface area contributed by atoms with Gasteiger partial charge in [0.15, 0.2) is 0 Å². The van der Waals surface area contributed by atoms with Crippen molar-refractivity contribution in [3.63, 3.8) is 0 Å². The molecule has 0 saturated heterocycles. The molecule has 0 radical (unpaired) electrons. The van der Waals surface area contributed by atoms with Crippen LogP contribution in [0.25, 0.3) is 33.2 Å². The lowest BCUT2D eigenvalue weighted by Crippen LogP contribution is -2.28. The van der Waals surface area contributed by atoms with E-state index in [-0.39, 0.29) is 0 Å². The molecule has 0 unspecified atom stereocenters. The summed E-state index contributed by atoms with van der Waals surface area (Å²) in [5, 5.41) is 11.9. The Bertz CT molecular complexity index is 1790. The van der Waals surface area contributed by atoms with Crippen LogP contribution < -0.4 is 0 Å². The first-order valence-corrected chi connectivity index (χ1v) is 12.5. The Morgan fingerprint density at radius 1 is 0.622 bits per heavy atom. The monoisotopic (exact) mass is 470 g/mol. The number of hydrogen-bond donors (Lipinski definition) is 0. The maximum absolute atomic E-state index is 9.44. The van der Waals surface area contributed by atoms with Crippen LogP contribution in [-0.4, -0.2) is 4.98 Å². The van der Waals surface area contributed by atoms with Gasteiger partial charge in [0.25, 0.3) is 0 Å². The average Bonchev–Trinajstić information content (AvgIpc) is 3.29. The fourth-order valence-electron chi connectivity index (χ4n) is 6.09. The van der Waals surface area contributed by atoms with Gasteiger partial charge >= 0.3 is 0 Å². The van der Waals surface area contributed by atoms with Crippen LogP contribution >= 0.6 is 0 Å². The number of hydrogen-bond acceptors (Lipinski definition) is 2. The lowest BCUT2D eigenvalue weighted by atomic mass is 9.66. The van der Waals surface area contributed by atoms with Gasteiger partial charge in [0.2, 0.25) is 0 Å². The molecule has 1 aromatic heterocycles. The Labute approximate surface area is 216 Å². The van der Waals surface area contributed by atoms with E-state index in [0.29, 0.717) is 5.56 Å². The first-order chi connectivity index (χ1) is 18.3. The predicted molar refractivity (Wildman–Crippen MR) is 149 cm³/mol. The fourth-order valence-corrected chi connectivity index (χ4v) is 6.09. The second kappa shape index (κ2) is 8.29. The third-order valence-corrected chi connectivity index (χ3v) is 7.62. The van der Waals surface area contributed by atoms with Crippen LogP contribution in [0.2, 0.25) is 0 Å². The molecule has 2 nitrogen and oxygen atoms in total. The molecule has 1 aliphatic carbocycles. The van der Waals surface area contributed by atoms with Crippen molar-refractivity contribution in [2.45, 2.75) is 5.41 Å². The quantitative estimate of drug-likeness (QED) is 0.261. The van der Waals surface area contributed by atoms with E-state index >= 15 is 0 Å².